The molecule has 0 bridgehead atoms. The van der Waals surface area contributed by atoms with Gasteiger partial charge in [-0.3, -0.25) is 4.90 Å². The van der Waals surface area contributed by atoms with Crippen molar-refractivity contribution in [2.45, 2.75) is 51.6 Å². The van der Waals surface area contributed by atoms with Gasteiger partial charge in [0.15, 0.2) is 0 Å². The zero-order valence-electron chi connectivity index (χ0n) is 10.7. The first-order valence-corrected chi connectivity index (χ1v) is 6.87. The molecule has 0 aromatic carbocycles. The second-order valence-electron chi connectivity index (χ2n) is 5.31. The number of aromatic nitrogens is 2. The van der Waals surface area contributed by atoms with Crippen LogP contribution in [0.15, 0.2) is 0 Å². The zero-order chi connectivity index (χ0) is 11.8. The third-order valence-corrected chi connectivity index (χ3v) is 4.30. The van der Waals surface area contributed by atoms with Crippen LogP contribution >= 0.6 is 0 Å². The van der Waals surface area contributed by atoms with E-state index in [0.717, 1.165) is 31.9 Å². The molecule has 2 heterocycles. The number of hydrogen-bond donors (Lipinski definition) is 1. The molecule has 4 nitrogen and oxygen atoms in total. The minimum atomic E-state index is 0.565. The maximum Gasteiger partial charge on any atom is 0.126 e. The van der Waals surface area contributed by atoms with Crippen molar-refractivity contribution < 1.29 is 0 Å². The van der Waals surface area contributed by atoms with Crippen LogP contribution < -0.4 is 5.73 Å². The van der Waals surface area contributed by atoms with Crippen molar-refractivity contribution in [1.29, 1.82) is 0 Å². The zero-order valence-corrected chi connectivity index (χ0v) is 10.7. The number of nitrogens with zero attached hydrogens (tertiary/aromatic N) is 3. The molecule has 0 unspecified atom stereocenters. The SMILES string of the molecule is CCN1CCc2nn(C3CCCC3)c(N)c2C1. The largest absolute Gasteiger partial charge is 0.384 e. The van der Waals surface area contributed by atoms with E-state index in [1.165, 1.54) is 36.9 Å². The van der Waals surface area contributed by atoms with Crippen molar-refractivity contribution in [2.75, 3.05) is 18.8 Å². The van der Waals surface area contributed by atoms with Gasteiger partial charge in [-0.15, -0.1) is 0 Å². The molecule has 2 aliphatic rings. The van der Waals surface area contributed by atoms with Crippen LogP contribution in [0, 0.1) is 0 Å². The third kappa shape index (κ3) is 1.84. The lowest BCUT2D eigenvalue weighted by atomic mass is 10.1. The van der Waals surface area contributed by atoms with Gasteiger partial charge in [-0.05, 0) is 19.4 Å². The molecule has 1 aliphatic carbocycles. The maximum absolute atomic E-state index is 6.29. The molecule has 0 radical (unpaired) electrons. The van der Waals surface area contributed by atoms with Gasteiger partial charge >= 0.3 is 0 Å². The molecule has 1 aliphatic heterocycles. The van der Waals surface area contributed by atoms with Crippen LogP contribution in [0.3, 0.4) is 0 Å². The van der Waals surface area contributed by atoms with E-state index < -0.39 is 0 Å². The predicted molar refractivity (Wildman–Crippen MR) is 68.8 cm³/mol. The third-order valence-electron chi connectivity index (χ3n) is 4.30. The first kappa shape index (κ1) is 11.1. The predicted octanol–water partition coefficient (Wildman–Crippen LogP) is 1.96. The van der Waals surface area contributed by atoms with Crippen molar-refractivity contribution in [2.24, 2.45) is 0 Å². The van der Waals surface area contributed by atoms with Crippen LogP contribution in [-0.2, 0) is 13.0 Å². The van der Waals surface area contributed by atoms with Gasteiger partial charge < -0.3 is 5.73 Å². The van der Waals surface area contributed by atoms with E-state index in [9.17, 15) is 0 Å². The Labute approximate surface area is 103 Å². The van der Waals surface area contributed by atoms with E-state index in [2.05, 4.69) is 16.5 Å². The summed E-state index contributed by atoms with van der Waals surface area (Å²) in [6, 6.07) is 0.565. The van der Waals surface area contributed by atoms with Crippen molar-refractivity contribution in [3.8, 4) is 0 Å². The second kappa shape index (κ2) is 4.33. The van der Waals surface area contributed by atoms with Crippen LogP contribution in [0.1, 0.15) is 49.9 Å². The molecule has 0 spiro atoms. The highest BCUT2D eigenvalue weighted by molar-refractivity contribution is 5.45. The summed E-state index contributed by atoms with van der Waals surface area (Å²) in [7, 11) is 0. The van der Waals surface area contributed by atoms with Crippen LogP contribution in [-0.4, -0.2) is 27.8 Å². The number of hydrogen-bond acceptors (Lipinski definition) is 3. The van der Waals surface area contributed by atoms with Gasteiger partial charge in [0, 0.05) is 25.1 Å². The standard InChI is InChI=1S/C13H22N4/c1-2-16-8-7-12-11(9-16)13(14)17(15-12)10-5-3-4-6-10/h10H,2-9,14H2,1H3. The fraction of sp³-hybridized carbons (Fsp3) is 0.769. The Hall–Kier alpha value is -1.03. The van der Waals surface area contributed by atoms with Gasteiger partial charge in [0.25, 0.3) is 0 Å². The normalized spacial score (nSPS) is 21.9. The maximum atomic E-state index is 6.29. The van der Waals surface area contributed by atoms with Crippen molar-refractivity contribution in [1.82, 2.24) is 14.7 Å². The molecular formula is C13H22N4. The van der Waals surface area contributed by atoms with Gasteiger partial charge in [0.2, 0.25) is 0 Å². The molecule has 0 amide bonds. The number of anilines is 1. The van der Waals surface area contributed by atoms with Crippen LogP contribution in [0.4, 0.5) is 5.82 Å². The van der Waals surface area contributed by atoms with Gasteiger partial charge in [-0.1, -0.05) is 19.8 Å². The average Bonchev–Trinajstić information content (AvgIpc) is 2.97. The highest BCUT2D eigenvalue weighted by atomic mass is 15.3. The molecule has 17 heavy (non-hydrogen) atoms. The van der Waals surface area contributed by atoms with E-state index >= 15 is 0 Å². The highest BCUT2D eigenvalue weighted by Gasteiger charge is 2.26. The van der Waals surface area contributed by atoms with E-state index in [1.54, 1.807) is 0 Å². The molecule has 1 aromatic rings. The van der Waals surface area contributed by atoms with Crippen molar-refractivity contribution >= 4 is 5.82 Å². The van der Waals surface area contributed by atoms with Crippen molar-refractivity contribution in [3.05, 3.63) is 11.3 Å². The van der Waals surface area contributed by atoms with Gasteiger partial charge in [0.05, 0.1) is 11.7 Å². The van der Waals surface area contributed by atoms with E-state index in [1.807, 2.05) is 0 Å². The minimum absolute atomic E-state index is 0.565. The molecule has 0 atom stereocenters. The monoisotopic (exact) mass is 234 g/mol. The molecule has 3 rings (SSSR count). The fourth-order valence-electron chi connectivity index (χ4n) is 3.17. The van der Waals surface area contributed by atoms with E-state index in [4.69, 9.17) is 10.8 Å². The minimum Gasteiger partial charge on any atom is -0.384 e. The Kier molecular flexibility index (Phi) is 2.82. The Bertz CT molecular complexity index is 404. The molecule has 0 saturated heterocycles. The molecular weight excluding hydrogens is 212 g/mol. The molecule has 1 aromatic heterocycles. The lowest BCUT2D eigenvalue weighted by molar-refractivity contribution is 0.267. The van der Waals surface area contributed by atoms with Gasteiger partial charge in [-0.25, -0.2) is 4.68 Å². The summed E-state index contributed by atoms with van der Waals surface area (Å²) in [5, 5.41) is 4.77. The number of nitrogens with two attached hydrogens (primary N) is 1. The molecule has 1 fully saturated rings. The van der Waals surface area contributed by atoms with E-state index in [-0.39, 0.29) is 0 Å². The Morgan fingerprint density at radius 2 is 2.12 bits per heavy atom. The van der Waals surface area contributed by atoms with Gasteiger partial charge in [-0.2, -0.15) is 5.10 Å². The summed E-state index contributed by atoms with van der Waals surface area (Å²) >= 11 is 0. The molecule has 1 saturated carbocycles. The highest BCUT2D eigenvalue weighted by Crippen LogP contribution is 2.34. The lowest BCUT2D eigenvalue weighted by Gasteiger charge is -2.24. The lowest BCUT2D eigenvalue weighted by Crippen LogP contribution is -2.30. The summed E-state index contributed by atoms with van der Waals surface area (Å²) in [4.78, 5) is 2.44. The number of rotatable bonds is 2. The summed E-state index contributed by atoms with van der Waals surface area (Å²) < 4.78 is 2.12. The quantitative estimate of drug-likeness (QED) is 0.851. The topological polar surface area (TPSA) is 47.1 Å². The second-order valence-corrected chi connectivity index (χ2v) is 5.31. The Morgan fingerprint density at radius 1 is 1.35 bits per heavy atom. The summed E-state index contributed by atoms with van der Waals surface area (Å²) in [5.74, 6) is 0.935. The van der Waals surface area contributed by atoms with Crippen LogP contribution in [0.2, 0.25) is 0 Å². The van der Waals surface area contributed by atoms with Crippen LogP contribution in [0.25, 0.3) is 0 Å². The smallest absolute Gasteiger partial charge is 0.126 e. The Balaban J connectivity index is 1.90. The average molecular weight is 234 g/mol. The first-order valence-electron chi connectivity index (χ1n) is 6.87. The van der Waals surface area contributed by atoms with Gasteiger partial charge in [0.1, 0.15) is 5.82 Å². The summed E-state index contributed by atoms with van der Waals surface area (Å²) in [6.45, 7) is 5.44. The molecule has 94 valence electrons. The first-order chi connectivity index (χ1) is 8.29. The fourth-order valence-corrected chi connectivity index (χ4v) is 3.17. The molecule has 2 N–H and O–H groups in total. The number of likely N-dealkylation sites (N-methyl/N-ethyl adjacent to an activating group) is 1. The summed E-state index contributed by atoms with van der Waals surface area (Å²) in [6.07, 6.45) is 6.23. The summed E-state index contributed by atoms with van der Waals surface area (Å²) in [5.41, 5.74) is 8.84. The Morgan fingerprint density at radius 3 is 2.82 bits per heavy atom. The van der Waals surface area contributed by atoms with E-state index in [0.29, 0.717) is 6.04 Å². The molecule has 4 heteroatoms. The number of nitrogen functional groups attached to an aromatic ring is 1. The van der Waals surface area contributed by atoms with Crippen molar-refractivity contribution in [3.63, 3.8) is 0 Å². The van der Waals surface area contributed by atoms with Crippen LogP contribution in [0.5, 0.6) is 0 Å². The number of fused-ring (bicyclic) bond motifs is 1.